The van der Waals surface area contributed by atoms with Gasteiger partial charge in [0.1, 0.15) is 10.0 Å². The number of nitrogen functional groups attached to an aromatic ring is 1. The summed E-state index contributed by atoms with van der Waals surface area (Å²) < 4.78 is 5.04. The number of methoxy groups -OCH3 is 1. The van der Waals surface area contributed by atoms with Gasteiger partial charge in [0.15, 0.2) is 5.69 Å². The van der Waals surface area contributed by atoms with Crippen molar-refractivity contribution in [2.45, 2.75) is 0 Å². The number of para-hydroxylation sites is 1. The number of aromatic nitrogens is 1. The Morgan fingerprint density at radius 2 is 2.25 bits per heavy atom. The molecule has 2 rings (SSSR count). The first kappa shape index (κ1) is 13.7. The van der Waals surface area contributed by atoms with E-state index in [0.717, 1.165) is 11.3 Å². The molecule has 0 aliphatic heterocycles. The molecule has 0 amide bonds. The van der Waals surface area contributed by atoms with Crippen molar-refractivity contribution in [1.29, 1.82) is 0 Å². The maximum absolute atomic E-state index is 10.9. The van der Waals surface area contributed by atoms with Gasteiger partial charge in [-0.3, -0.25) is 10.1 Å². The molecule has 104 valence electrons. The lowest BCUT2D eigenvalue weighted by Crippen LogP contribution is -2.00. The number of hydrogen-bond donors (Lipinski definition) is 2. The Kier molecular flexibility index (Phi) is 3.53. The Balaban J connectivity index is 2.64. The molecule has 0 aliphatic carbocycles. The minimum absolute atomic E-state index is 0.0168. The summed E-state index contributed by atoms with van der Waals surface area (Å²) in [6, 6.07) is 4.31. The van der Waals surface area contributed by atoms with Crippen LogP contribution in [0.2, 0.25) is 0 Å². The van der Waals surface area contributed by atoms with Crippen LogP contribution in [0.1, 0.15) is 10.5 Å². The highest BCUT2D eigenvalue weighted by atomic mass is 32.1. The third-order valence-electron chi connectivity index (χ3n) is 2.48. The van der Waals surface area contributed by atoms with Gasteiger partial charge in [0.05, 0.1) is 17.6 Å². The summed E-state index contributed by atoms with van der Waals surface area (Å²) in [5.41, 5.74) is 5.39. The molecule has 8 nitrogen and oxygen atoms in total. The van der Waals surface area contributed by atoms with E-state index in [-0.39, 0.29) is 27.1 Å². The molecule has 0 fully saturated rings. The summed E-state index contributed by atoms with van der Waals surface area (Å²) in [4.78, 5) is 25.1. The summed E-state index contributed by atoms with van der Waals surface area (Å²) in [7, 11) is 1.29. The van der Waals surface area contributed by atoms with Crippen LogP contribution in [0.5, 0.6) is 5.75 Å². The molecule has 0 atom stereocenters. The largest absolute Gasteiger partial charge is 0.490 e. The lowest BCUT2D eigenvalue weighted by atomic mass is 10.2. The molecule has 2 aromatic rings. The summed E-state index contributed by atoms with van der Waals surface area (Å²) in [6.45, 7) is 0. The molecule has 20 heavy (non-hydrogen) atoms. The molecule has 1 aromatic carbocycles. The standard InChI is InChI=1S/C11H9N3O5S/c1-19-8-5(3-2-4-6(8)14(17)18)10-13-7(11(15)16)9(12)20-10/h2-4H,12H2,1H3,(H,15,16). The number of hydrogen-bond acceptors (Lipinski definition) is 7. The molecule has 0 aliphatic rings. The zero-order chi connectivity index (χ0) is 14.9. The van der Waals surface area contributed by atoms with Crippen molar-refractivity contribution in [1.82, 2.24) is 4.98 Å². The van der Waals surface area contributed by atoms with Crippen LogP contribution in [0.15, 0.2) is 18.2 Å². The van der Waals surface area contributed by atoms with Crippen LogP contribution in [0, 0.1) is 10.1 Å². The number of carboxylic acids is 1. The number of nitrogens with zero attached hydrogens (tertiary/aromatic N) is 2. The highest BCUT2D eigenvalue weighted by Gasteiger charge is 2.23. The van der Waals surface area contributed by atoms with Crippen LogP contribution in [0.4, 0.5) is 10.7 Å². The van der Waals surface area contributed by atoms with Crippen LogP contribution in [-0.2, 0) is 0 Å². The molecule has 0 saturated carbocycles. The number of rotatable bonds is 4. The highest BCUT2D eigenvalue weighted by molar-refractivity contribution is 7.19. The third kappa shape index (κ3) is 2.26. The Morgan fingerprint density at radius 3 is 2.75 bits per heavy atom. The number of anilines is 1. The van der Waals surface area contributed by atoms with Crippen molar-refractivity contribution in [3.63, 3.8) is 0 Å². The van der Waals surface area contributed by atoms with E-state index >= 15 is 0 Å². The number of ether oxygens (including phenoxy) is 1. The number of aromatic carboxylic acids is 1. The SMILES string of the molecule is COc1c(-c2nc(C(=O)O)c(N)s2)cccc1[N+](=O)[O-]. The van der Waals surface area contributed by atoms with E-state index in [9.17, 15) is 14.9 Å². The van der Waals surface area contributed by atoms with Gasteiger partial charge in [0.2, 0.25) is 5.75 Å². The van der Waals surface area contributed by atoms with Gasteiger partial charge < -0.3 is 15.6 Å². The molecule has 9 heteroatoms. The van der Waals surface area contributed by atoms with Crippen LogP contribution < -0.4 is 10.5 Å². The van der Waals surface area contributed by atoms with E-state index < -0.39 is 10.9 Å². The molecular formula is C11H9N3O5S. The smallest absolute Gasteiger partial charge is 0.357 e. The van der Waals surface area contributed by atoms with Gasteiger partial charge in [0, 0.05) is 6.07 Å². The maximum Gasteiger partial charge on any atom is 0.357 e. The van der Waals surface area contributed by atoms with Gasteiger partial charge in [-0.2, -0.15) is 0 Å². The van der Waals surface area contributed by atoms with E-state index in [0.29, 0.717) is 5.56 Å². The molecule has 3 N–H and O–H groups in total. The van der Waals surface area contributed by atoms with Crippen LogP contribution >= 0.6 is 11.3 Å². The first-order valence-electron chi connectivity index (χ1n) is 5.27. The second-order valence-corrected chi connectivity index (χ2v) is 4.68. The van der Waals surface area contributed by atoms with Gasteiger partial charge in [-0.15, -0.1) is 0 Å². The lowest BCUT2D eigenvalue weighted by molar-refractivity contribution is -0.385. The zero-order valence-corrected chi connectivity index (χ0v) is 11.0. The molecule has 0 spiro atoms. The fourth-order valence-corrected chi connectivity index (χ4v) is 2.50. The van der Waals surface area contributed by atoms with Crippen LogP contribution in [-0.4, -0.2) is 28.1 Å². The number of carboxylic acid groups (broad SMARTS) is 1. The van der Waals surface area contributed by atoms with Crippen molar-refractivity contribution in [2.24, 2.45) is 0 Å². The molecule has 0 unspecified atom stereocenters. The zero-order valence-electron chi connectivity index (χ0n) is 10.2. The monoisotopic (exact) mass is 295 g/mol. The van der Waals surface area contributed by atoms with Gasteiger partial charge in [-0.1, -0.05) is 17.4 Å². The molecule has 0 radical (unpaired) electrons. The summed E-state index contributed by atoms with van der Waals surface area (Å²) in [5, 5.41) is 20.1. The molecule has 1 aromatic heterocycles. The minimum Gasteiger partial charge on any atom is -0.490 e. The number of nitrogens with two attached hydrogens (primary N) is 1. The van der Waals surface area contributed by atoms with Crippen LogP contribution in [0.3, 0.4) is 0 Å². The van der Waals surface area contributed by atoms with E-state index in [1.165, 1.54) is 19.2 Å². The number of carbonyl (C=O) groups is 1. The summed E-state index contributed by atoms with van der Waals surface area (Å²) in [6.07, 6.45) is 0. The van der Waals surface area contributed by atoms with Crippen molar-refractivity contribution in [2.75, 3.05) is 12.8 Å². The average Bonchev–Trinajstić information content (AvgIpc) is 2.79. The van der Waals surface area contributed by atoms with E-state index in [2.05, 4.69) is 4.98 Å². The third-order valence-corrected chi connectivity index (χ3v) is 3.40. The lowest BCUT2D eigenvalue weighted by Gasteiger charge is -2.05. The Hall–Kier alpha value is -2.68. The topological polar surface area (TPSA) is 129 Å². The van der Waals surface area contributed by atoms with Gasteiger partial charge >= 0.3 is 11.7 Å². The fourth-order valence-electron chi connectivity index (χ4n) is 1.65. The summed E-state index contributed by atoms with van der Waals surface area (Å²) >= 11 is 0.929. The van der Waals surface area contributed by atoms with E-state index in [1.54, 1.807) is 6.07 Å². The molecule has 0 saturated heterocycles. The first-order chi connectivity index (χ1) is 9.45. The minimum atomic E-state index is -1.26. The van der Waals surface area contributed by atoms with E-state index in [1.807, 2.05) is 0 Å². The number of benzene rings is 1. The predicted molar refractivity (Wildman–Crippen MR) is 72.1 cm³/mol. The van der Waals surface area contributed by atoms with Gasteiger partial charge in [-0.05, 0) is 6.07 Å². The fraction of sp³-hybridized carbons (Fsp3) is 0.0909. The number of nitro groups is 1. The highest BCUT2D eigenvalue weighted by Crippen LogP contribution is 2.40. The second-order valence-electron chi connectivity index (χ2n) is 3.65. The maximum atomic E-state index is 10.9. The van der Waals surface area contributed by atoms with Crippen LogP contribution in [0.25, 0.3) is 10.6 Å². The molecular weight excluding hydrogens is 286 g/mol. The van der Waals surface area contributed by atoms with Crippen molar-refractivity contribution < 1.29 is 19.6 Å². The predicted octanol–water partition coefficient (Wildman–Crippen LogP) is 2.01. The Morgan fingerprint density at radius 1 is 1.55 bits per heavy atom. The van der Waals surface area contributed by atoms with Crippen molar-refractivity contribution in [3.8, 4) is 16.3 Å². The normalized spacial score (nSPS) is 10.2. The second kappa shape index (κ2) is 5.13. The summed E-state index contributed by atoms with van der Waals surface area (Å²) in [5.74, 6) is -1.24. The number of thiazole rings is 1. The van der Waals surface area contributed by atoms with Crippen molar-refractivity contribution >= 4 is 28.0 Å². The average molecular weight is 295 g/mol. The van der Waals surface area contributed by atoms with Gasteiger partial charge in [-0.25, -0.2) is 9.78 Å². The number of nitro benzene ring substituents is 1. The first-order valence-corrected chi connectivity index (χ1v) is 6.08. The Bertz CT molecular complexity index is 697. The van der Waals surface area contributed by atoms with Gasteiger partial charge in [0.25, 0.3) is 0 Å². The quantitative estimate of drug-likeness (QED) is 0.651. The van der Waals surface area contributed by atoms with Crippen molar-refractivity contribution in [3.05, 3.63) is 34.0 Å². The molecule has 0 bridgehead atoms. The van der Waals surface area contributed by atoms with E-state index in [4.69, 9.17) is 15.6 Å². The Labute approximate surface area is 116 Å². The molecule has 1 heterocycles.